The molecule has 3 unspecified atom stereocenters. The van der Waals surface area contributed by atoms with Crippen molar-refractivity contribution < 1.29 is 9.26 Å². The Morgan fingerprint density at radius 1 is 1.23 bits per heavy atom. The molecule has 0 aromatic carbocycles. The van der Waals surface area contributed by atoms with Crippen molar-refractivity contribution in [3.8, 4) is 0 Å². The minimum absolute atomic E-state index is 0.355. The Morgan fingerprint density at radius 2 is 2.13 bits per heavy atom. The molecule has 1 aliphatic heterocycles. The molecule has 5 heterocycles. The molecule has 4 aromatic rings. The zero-order chi connectivity index (χ0) is 20.9. The van der Waals surface area contributed by atoms with Crippen LogP contribution < -0.4 is 0 Å². The predicted octanol–water partition coefficient (Wildman–Crippen LogP) is 3.08. The maximum absolute atomic E-state index is 5.55. The van der Waals surface area contributed by atoms with Crippen LogP contribution in [0.1, 0.15) is 49.4 Å². The molecule has 0 bridgehead atoms. The van der Waals surface area contributed by atoms with Gasteiger partial charge in [-0.3, -0.25) is 9.30 Å². The third-order valence-electron chi connectivity index (χ3n) is 7.07. The molecular weight excluding hydrogens is 394 g/mol. The highest BCUT2D eigenvalue weighted by Gasteiger charge is 2.42. The van der Waals surface area contributed by atoms with Gasteiger partial charge in [-0.2, -0.15) is 0 Å². The largest absolute Gasteiger partial charge is 0.378 e. The number of hydrogen-bond acceptors (Lipinski definition) is 7. The van der Waals surface area contributed by atoms with Gasteiger partial charge in [0.1, 0.15) is 11.6 Å². The topological polar surface area (TPSA) is 97.4 Å². The van der Waals surface area contributed by atoms with E-state index in [4.69, 9.17) is 9.26 Å². The highest BCUT2D eigenvalue weighted by atomic mass is 16.5. The second kappa shape index (κ2) is 7.42. The Kier molecular flexibility index (Phi) is 4.53. The van der Waals surface area contributed by atoms with Crippen molar-refractivity contribution in [3.05, 3.63) is 41.8 Å². The quantitative estimate of drug-likeness (QED) is 0.511. The second-order valence-electron chi connectivity index (χ2n) is 8.91. The van der Waals surface area contributed by atoms with E-state index < -0.39 is 0 Å². The maximum atomic E-state index is 5.55. The monoisotopic (exact) mass is 421 g/mol. The first-order valence-corrected chi connectivity index (χ1v) is 11.1. The van der Waals surface area contributed by atoms with Gasteiger partial charge in [-0.25, -0.2) is 4.98 Å². The van der Waals surface area contributed by atoms with Crippen molar-refractivity contribution in [3.63, 3.8) is 0 Å². The molecule has 1 saturated heterocycles. The molecule has 3 atom stereocenters. The number of hydrogen-bond donors (Lipinski definition) is 1. The van der Waals surface area contributed by atoms with Crippen LogP contribution in [-0.4, -0.2) is 59.9 Å². The Bertz CT molecular complexity index is 1210. The molecular formula is C22H27N7O2. The van der Waals surface area contributed by atoms with Crippen LogP contribution in [0.25, 0.3) is 16.8 Å². The lowest BCUT2D eigenvalue weighted by molar-refractivity contribution is -0.0834. The van der Waals surface area contributed by atoms with Gasteiger partial charge in [0.2, 0.25) is 0 Å². The van der Waals surface area contributed by atoms with Crippen molar-refractivity contribution in [2.24, 2.45) is 5.92 Å². The molecule has 6 rings (SSSR count). The maximum Gasteiger partial charge on any atom is 0.179 e. The first-order valence-electron chi connectivity index (χ1n) is 11.1. The number of rotatable bonds is 6. The summed E-state index contributed by atoms with van der Waals surface area (Å²) in [5.74, 6) is 2.82. The predicted molar refractivity (Wildman–Crippen MR) is 114 cm³/mol. The van der Waals surface area contributed by atoms with E-state index in [-0.39, 0.29) is 0 Å². The van der Waals surface area contributed by atoms with Gasteiger partial charge < -0.3 is 14.2 Å². The van der Waals surface area contributed by atoms with Gasteiger partial charge in [0.15, 0.2) is 11.3 Å². The van der Waals surface area contributed by atoms with Crippen LogP contribution >= 0.6 is 0 Å². The Hall–Kier alpha value is -2.78. The molecule has 2 fully saturated rings. The fourth-order valence-electron chi connectivity index (χ4n) is 5.42. The molecule has 0 amide bonds. The van der Waals surface area contributed by atoms with E-state index in [1.54, 1.807) is 6.20 Å². The van der Waals surface area contributed by atoms with E-state index >= 15 is 0 Å². The van der Waals surface area contributed by atoms with Crippen LogP contribution in [0.3, 0.4) is 0 Å². The first-order chi connectivity index (χ1) is 15.2. The summed E-state index contributed by atoms with van der Waals surface area (Å²) in [7, 11) is 0. The second-order valence-corrected chi connectivity index (χ2v) is 8.91. The van der Waals surface area contributed by atoms with Crippen molar-refractivity contribution >= 4 is 16.8 Å². The molecule has 162 valence electrons. The lowest BCUT2D eigenvalue weighted by Gasteiger charge is -2.40. The summed E-state index contributed by atoms with van der Waals surface area (Å²) in [6, 6.07) is 4.99. The number of aromatic amines is 1. The van der Waals surface area contributed by atoms with Gasteiger partial charge in [-0.05, 0) is 31.7 Å². The Morgan fingerprint density at radius 3 is 2.87 bits per heavy atom. The van der Waals surface area contributed by atoms with Gasteiger partial charge in [-0.1, -0.05) is 18.5 Å². The zero-order valence-corrected chi connectivity index (χ0v) is 17.9. The summed E-state index contributed by atoms with van der Waals surface area (Å²) in [4.78, 5) is 10.3. The molecule has 4 aromatic heterocycles. The molecule has 9 nitrogen and oxygen atoms in total. The van der Waals surface area contributed by atoms with E-state index in [1.165, 1.54) is 0 Å². The van der Waals surface area contributed by atoms with Crippen molar-refractivity contribution in [2.45, 2.75) is 57.7 Å². The van der Waals surface area contributed by atoms with Crippen molar-refractivity contribution in [2.75, 3.05) is 13.2 Å². The third-order valence-corrected chi connectivity index (χ3v) is 7.07. The molecule has 9 heteroatoms. The normalized spacial score (nSPS) is 24.5. The Labute approximate surface area is 179 Å². The van der Waals surface area contributed by atoms with Gasteiger partial charge in [-0.15, -0.1) is 10.2 Å². The standard InChI is InChI=1S/C22H27N7O2/c1-3-14-7-16(28(17-11-30-12-17)10-15-6-13(2)31-27-15)8-18(14)22-26-25-20-9-24-21-19(29(20)22)4-5-23-21/h4-6,9,14,16-18,23H,3,7-8,10-12H2,1-2H3. The Balaban J connectivity index is 1.34. The van der Waals surface area contributed by atoms with E-state index in [0.717, 1.165) is 73.1 Å². The highest BCUT2D eigenvalue weighted by molar-refractivity contribution is 5.74. The van der Waals surface area contributed by atoms with Gasteiger partial charge in [0.25, 0.3) is 0 Å². The summed E-state index contributed by atoms with van der Waals surface area (Å²) < 4.78 is 13.1. The summed E-state index contributed by atoms with van der Waals surface area (Å²) in [5, 5.41) is 13.3. The molecule has 2 aliphatic rings. The third kappa shape index (κ3) is 3.14. The zero-order valence-electron chi connectivity index (χ0n) is 17.9. The highest BCUT2D eigenvalue weighted by Crippen LogP contribution is 2.44. The minimum atomic E-state index is 0.355. The fourth-order valence-corrected chi connectivity index (χ4v) is 5.42. The number of fused-ring (bicyclic) bond motifs is 3. The SMILES string of the molecule is CCC1CC(N(Cc2cc(C)on2)C2COC2)CC1c1nnc2cnc3[nH]ccc3n12. The number of aryl methyl sites for hydroxylation is 1. The van der Waals surface area contributed by atoms with E-state index in [0.29, 0.717) is 23.9 Å². The van der Waals surface area contributed by atoms with Crippen molar-refractivity contribution in [1.82, 2.24) is 34.6 Å². The van der Waals surface area contributed by atoms with Crippen LogP contribution in [0.4, 0.5) is 0 Å². The molecule has 0 spiro atoms. The summed E-state index contributed by atoms with van der Waals surface area (Å²) in [6.45, 7) is 6.61. The number of H-pyrrole nitrogens is 1. The molecule has 1 N–H and O–H groups in total. The number of nitrogens with one attached hydrogen (secondary N) is 1. The fraction of sp³-hybridized carbons (Fsp3) is 0.545. The first kappa shape index (κ1) is 18.9. The van der Waals surface area contributed by atoms with Crippen LogP contribution in [0, 0.1) is 12.8 Å². The van der Waals surface area contributed by atoms with E-state index in [1.807, 2.05) is 19.2 Å². The summed E-state index contributed by atoms with van der Waals surface area (Å²) >= 11 is 0. The number of ether oxygens (including phenoxy) is 1. The molecule has 0 radical (unpaired) electrons. The summed E-state index contributed by atoms with van der Waals surface area (Å²) in [5.41, 5.74) is 3.71. The lowest BCUT2D eigenvalue weighted by Crippen LogP contribution is -2.52. The lowest BCUT2D eigenvalue weighted by atomic mass is 9.93. The molecule has 31 heavy (non-hydrogen) atoms. The van der Waals surface area contributed by atoms with E-state index in [2.05, 4.69) is 47.6 Å². The summed E-state index contributed by atoms with van der Waals surface area (Å²) in [6.07, 6.45) is 7.04. The average molecular weight is 422 g/mol. The molecule has 1 aliphatic carbocycles. The molecule has 1 saturated carbocycles. The smallest absolute Gasteiger partial charge is 0.179 e. The van der Waals surface area contributed by atoms with Gasteiger partial charge >= 0.3 is 0 Å². The number of nitrogens with zero attached hydrogens (tertiary/aromatic N) is 6. The van der Waals surface area contributed by atoms with Crippen LogP contribution in [0.15, 0.2) is 29.0 Å². The van der Waals surface area contributed by atoms with Crippen LogP contribution in [0.5, 0.6) is 0 Å². The number of aromatic nitrogens is 6. The average Bonchev–Trinajstić information content (AvgIpc) is 3.50. The van der Waals surface area contributed by atoms with Crippen molar-refractivity contribution in [1.29, 1.82) is 0 Å². The van der Waals surface area contributed by atoms with E-state index in [9.17, 15) is 0 Å². The van der Waals surface area contributed by atoms with Gasteiger partial charge in [0.05, 0.1) is 36.7 Å². The van der Waals surface area contributed by atoms with Gasteiger partial charge in [0, 0.05) is 30.8 Å². The van der Waals surface area contributed by atoms with Crippen LogP contribution in [0.2, 0.25) is 0 Å². The minimum Gasteiger partial charge on any atom is -0.378 e. The van der Waals surface area contributed by atoms with Crippen LogP contribution in [-0.2, 0) is 11.3 Å².